The van der Waals surface area contributed by atoms with E-state index in [-0.39, 0.29) is 10.8 Å². The maximum atomic E-state index is 12.7. The smallest absolute Gasteiger partial charge is 0.177 e. The van der Waals surface area contributed by atoms with Gasteiger partial charge in [-0.05, 0) is 18.6 Å². The largest absolute Gasteiger partial charge is 0.222 e. The van der Waals surface area contributed by atoms with Crippen LogP contribution >= 0.6 is 11.6 Å². The van der Waals surface area contributed by atoms with Gasteiger partial charge < -0.3 is 0 Å². The molecule has 1 aromatic heterocycles. The number of hydrogen-bond donors (Lipinski definition) is 0. The van der Waals surface area contributed by atoms with Crippen LogP contribution in [0.25, 0.3) is 0 Å². The number of nitriles is 1. The zero-order valence-corrected chi connectivity index (χ0v) is 6.48. The molecule has 0 unspecified atom stereocenters. The van der Waals surface area contributed by atoms with Crippen LogP contribution in [0.15, 0.2) is 6.07 Å². The van der Waals surface area contributed by atoms with E-state index in [1.807, 2.05) is 0 Å². The first-order valence-corrected chi connectivity index (χ1v) is 3.25. The molecule has 1 aromatic rings. The van der Waals surface area contributed by atoms with Crippen LogP contribution in [0.1, 0.15) is 11.3 Å². The van der Waals surface area contributed by atoms with Gasteiger partial charge in [-0.25, -0.2) is 9.37 Å². The molecular weight excluding hydrogens is 167 g/mol. The van der Waals surface area contributed by atoms with E-state index in [1.54, 1.807) is 13.0 Å². The summed E-state index contributed by atoms with van der Waals surface area (Å²) in [6.45, 7) is 1.62. The monoisotopic (exact) mass is 170 g/mol. The molecular formula is C7H4ClFN2. The zero-order valence-electron chi connectivity index (χ0n) is 5.73. The van der Waals surface area contributed by atoms with Gasteiger partial charge in [0.05, 0.1) is 0 Å². The van der Waals surface area contributed by atoms with Gasteiger partial charge in [0.2, 0.25) is 0 Å². The minimum atomic E-state index is -0.630. The lowest BCUT2D eigenvalue weighted by atomic mass is 10.3. The Morgan fingerprint density at radius 1 is 1.73 bits per heavy atom. The topological polar surface area (TPSA) is 36.7 Å². The van der Waals surface area contributed by atoms with Crippen molar-refractivity contribution in [1.82, 2.24) is 4.98 Å². The predicted molar refractivity (Wildman–Crippen MR) is 38.7 cm³/mol. The highest BCUT2D eigenvalue weighted by atomic mass is 35.5. The lowest BCUT2D eigenvalue weighted by Crippen LogP contribution is -1.91. The first-order chi connectivity index (χ1) is 5.15. The normalized spacial score (nSPS) is 9.27. The van der Waals surface area contributed by atoms with Crippen molar-refractivity contribution in [2.24, 2.45) is 0 Å². The van der Waals surface area contributed by atoms with Crippen molar-refractivity contribution in [2.75, 3.05) is 0 Å². The molecule has 0 radical (unpaired) electrons. The lowest BCUT2D eigenvalue weighted by Gasteiger charge is -1.96. The molecule has 0 amide bonds. The molecule has 0 N–H and O–H groups in total. The summed E-state index contributed by atoms with van der Waals surface area (Å²) >= 11 is 5.54. The fourth-order valence-corrected chi connectivity index (χ4v) is 0.775. The van der Waals surface area contributed by atoms with Crippen molar-refractivity contribution < 1.29 is 4.39 Å². The molecule has 0 fully saturated rings. The zero-order chi connectivity index (χ0) is 8.43. The molecule has 0 aromatic carbocycles. The number of rotatable bonds is 0. The summed E-state index contributed by atoms with van der Waals surface area (Å²) in [5.41, 5.74) is 0.267. The van der Waals surface area contributed by atoms with Crippen LogP contribution < -0.4 is 0 Å². The van der Waals surface area contributed by atoms with E-state index in [9.17, 15) is 4.39 Å². The van der Waals surface area contributed by atoms with E-state index in [0.29, 0.717) is 5.56 Å². The van der Waals surface area contributed by atoms with Gasteiger partial charge in [0.1, 0.15) is 11.2 Å². The molecule has 0 aliphatic carbocycles. The fraction of sp³-hybridized carbons (Fsp3) is 0.143. The molecule has 11 heavy (non-hydrogen) atoms. The third kappa shape index (κ3) is 1.47. The van der Waals surface area contributed by atoms with Crippen LogP contribution in [0.2, 0.25) is 5.15 Å². The van der Waals surface area contributed by atoms with Gasteiger partial charge in [0.15, 0.2) is 11.5 Å². The van der Waals surface area contributed by atoms with Crippen molar-refractivity contribution >= 4 is 11.6 Å². The van der Waals surface area contributed by atoms with Crippen LogP contribution in [0, 0.1) is 24.1 Å². The van der Waals surface area contributed by atoms with Crippen LogP contribution in [0.4, 0.5) is 4.39 Å². The SMILES string of the molecule is Cc1cc(F)c(C#N)nc1Cl. The van der Waals surface area contributed by atoms with Gasteiger partial charge in [0, 0.05) is 0 Å². The minimum absolute atomic E-state index is 0.169. The third-order valence-electron chi connectivity index (χ3n) is 1.21. The van der Waals surface area contributed by atoms with Gasteiger partial charge in [0.25, 0.3) is 0 Å². The van der Waals surface area contributed by atoms with E-state index in [1.165, 1.54) is 6.07 Å². The first kappa shape index (κ1) is 7.96. The Morgan fingerprint density at radius 3 is 2.91 bits per heavy atom. The van der Waals surface area contributed by atoms with E-state index in [2.05, 4.69) is 4.98 Å². The van der Waals surface area contributed by atoms with Crippen LogP contribution in [0.5, 0.6) is 0 Å². The summed E-state index contributed by atoms with van der Waals surface area (Å²) in [5.74, 6) is -0.630. The van der Waals surface area contributed by atoms with E-state index >= 15 is 0 Å². The highest BCUT2D eigenvalue weighted by Gasteiger charge is 2.05. The second-order valence-corrected chi connectivity index (χ2v) is 2.40. The van der Waals surface area contributed by atoms with Crippen molar-refractivity contribution in [3.8, 4) is 6.07 Å². The molecule has 1 heterocycles. The number of aromatic nitrogens is 1. The molecule has 2 nitrogen and oxygen atoms in total. The van der Waals surface area contributed by atoms with E-state index in [0.717, 1.165) is 0 Å². The first-order valence-electron chi connectivity index (χ1n) is 2.88. The van der Waals surface area contributed by atoms with Crippen LogP contribution in [-0.4, -0.2) is 4.98 Å². The number of aryl methyl sites for hydroxylation is 1. The molecule has 0 atom stereocenters. The summed E-state index contributed by atoms with van der Waals surface area (Å²) in [6.07, 6.45) is 0. The molecule has 0 aliphatic heterocycles. The van der Waals surface area contributed by atoms with Crippen molar-refractivity contribution in [3.63, 3.8) is 0 Å². The molecule has 0 bridgehead atoms. The summed E-state index contributed by atoms with van der Waals surface area (Å²) in [5, 5.41) is 8.49. The number of nitrogens with zero attached hydrogens (tertiary/aromatic N) is 2. The van der Waals surface area contributed by atoms with E-state index in [4.69, 9.17) is 16.9 Å². The van der Waals surface area contributed by atoms with Crippen molar-refractivity contribution in [3.05, 3.63) is 28.3 Å². The Balaban J connectivity index is 3.35. The summed E-state index contributed by atoms with van der Waals surface area (Å²) < 4.78 is 12.7. The molecule has 0 saturated carbocycles. The number of pyridine rings is 1. The summed E-state index contributed by atoms with van der Waals surface area (Å²) in [6, 6.07) is 2.78. The maximum Gasteiger partial charge on any atom is 0.177 e. The minimum Gasteiger partial charge on any atom is -0.222 e. The Hall–Kier alpha value is -1.14. The van der Waals surface area contributed by atoms with Gasteiger partial charge in [-0.15, -0.1) is 0 Å². The molecule has 56 valence electrons. The quantitative estimate of drug-likeness (QED) is 0.559. The predicted octanol–water partition coefficient (Wildman–Crippen LogP) is 2.05. The summed E-state index contributed by atoms with van der Waals surface area (Å²) in [7, 11) is 0. The molecule has 4 heteroatoms. The second-order valence-electron chi connectivity index (χ2n) is 2.04. The summed E-state index contributed by atoms with van der Waals surface area (Å²) in [4.78, 5) is 3.52. The standard InChI is InChI=1S/C7H4ClFN2/c1-4-2-5(9)6(3-10)11-7(4)8/h2H,1H3. The molecule has 0 aliphatic rings. The van der Waals surface area contributed by atoms with Crippen LogP contribution in [-0.2, 0) is 0 Å². The average Bonchev–Trinajstić information content (AvgIpc) is 1.97. The Kier molecular flexibility index (Phi) is 2.06. The highest BCUT2D eigenvalue weighted by molar-refractivity contribution is 6.30. The Bertz CT molecular complexity index is 330. The van der Waals surface area contributed by atoms with Gasteiger partial charge in [-0.2, -0.15) is 5.26 Å². The second kappa shape index (κ2) is 2.85. The van der Waals surface area contributed by atoms with E-state index < -0.39 is 5.82 Å². The lowest BCUT2D eigenvalue weighted by molar-refractivity contribution is 0.615. The van der Waals surface area contributed by atoms with Gasteiger partial charge in [-0.3, -0.25) is 0 Å². The molecule has 1 rings (SSSR count). The Morgan fingerprint density at radius 2 is 2.36 bits per heavy atom. The van der Waals surface area contributed by atoms with Gasteiger partial charge in [-0.1, -0.05) is 11.6 Å². The molecule has 0 spiro atoms. The van der Waals surface area contributed by atoms with Crippen LogP contribution in [0.3, 0.4) is 0 Å². The third-order valence-corrected chi connectivity index (χ3v) is 1.59. The fourth-order valence-electron chi connectivity index (χ4n) is 0.636. The number of hydrogen-bond acceptors (Lipinski definition) is 2. The maximum absolute atomic E-state index is 12.7. The average molecular weight is 171 g/mol. The van der Waals surface area contributed by atoms with Crippen molar-refractivity contribution in [1.29, 1.82) is 5.26 Å². The van der Waals surface area contributed by atoms with Gasteiger partial charge >= 0.3 is 0 Å². The number of halogens is 2. The van der Waals surface area contributed by atoms with Crippen molar-refractivity contribution in [2.45, 2.75) is 6.92 Å². The Labute approximate surface area is 68.2 Å². The molecule has 0 saturated heterocycles. The highest BCUT2D eigenvalue weighted by Crippen LogP contribution is 2.14.